The number of phenolic OH excluding ortho intramolecular Hbond substituents is 1. The van der Waals surface area contributed by atoms with Crippen LogP contribution in [-0.4, -0.2) is 28.4 Å². The Bertz CT molecular complexity index is 1040. The second-order valence-corrected chi connectivity index (χ2v) is 5.53. The number of ether oxygens (including phenoxy) is 1. The van der Waals surface area contributed by atoms with Crippen LogP contribution in [0.15, 0.2) is 58.9 Å². The summed E-state index contributed by atoms with van der Waals surface area (Å²) in [4.78, 5) is 19.0. The maximum atomic E-state index is 12.0. The van der Waals surface area contributed by atoms with Crippen LogP contribution in [0.25, 0.3) is 11.0 Å². The van der Waals surface area contributed by atoms with E-state index in [4.69, 9.17) is 4.74 Å². The van der Waals surface area contributed by atoms with Crippen molar-refractivity contribution in [3.05, 3.63) is 70.5 Å². The monoisotopic (exact) mass is 350 g/mol. The normalized spacial score (nSPS) is 11.0. The lowest BCUT2D eigenvalue weighted by Gasteiger charge is -2.09. The summed E-state index contributed by atoms with van der Waals surface area (Å²) in [6.45, 7) is 3.67. The Morgan fingerprint density at radius 3 is 2.96 bits per heavy atom. The third kappa shape index (κ3) is 3.56. The zero-order valence-corrected chi connectivity index (χ0v) is 14.2. The van der Waals surface area contributed by atoms with Crippen LogP contribution in [0.1, 0.15) is 11.1 Å². The van der Waals surface area contributed by atoms with Gasteiger partial charge in [0.05, 0.1) is 24.4 Å². The minimum atomic E-state index is -0.364. The molecule has 0 bridgehead atoms. The van der Waals surface area contributed by atoms with E-state index in [2.05, 4.69) is 27.1 Å². The number of allylic oxidation sites excluding steroid dienone is 1. The molecule has 0 spiro atoms. The molecule has 1 aromatic heterocycles. The van der Waals surface area contributed by atoms with Crippen LogP contribution >= 0.6 is 0 Å². The lowest BCUT2D eigenvalue weighted by molar-refractivity contribution is 0.371. The Morgan fingerprint density at radius 2 is 2.19 bits per heavy atom. The summed E-state index contributed by atoms with van der Waals surface area (Å²) in [6.07, 6.45) is 3.69. The van der Waals surface area contributed by atoms with E-state index in [9.17, 15) is 9.90 Å². The van der Waals surface area contributed by atoms with E-state index >= 15 is 0 Å². The van der Waals surface area contributed by atoms with Crippen molar-refractivity contribution in [2.24, 2.45) is 5.10 Å². The Balaban J connectivity index is 1.87. The van der Waals surface area contributed by atoms with Gasteiger partial charge in [-0.15, -0.1) is 6.58 Å². The van der Waals surface area contributed by atoms with Crippen LogP contribution in [0, 0.1) is 0 Å². The van der Waals surface area contributed by atoms with Gasteiger partial charge in [0.15, 0.2) is 11.5 Å². The van der Waals surface area contributed by atoms with E-state index in [0.29, 0.717) is 34.3 Å². The molecular formula is C19H18N4O3. The summed E-state index contributed by atoms with van der Waals surface area (Å²) in [6, 6.07) is 10.6. The van der Waals surface area contributed by atoms with Crippen LogP contribution in [0.4, 0.5) is 5.82 Å². The van der Waals surface area contributed by atoms with Gasteiger partial charge in [0.2, 0.25) is 5.82 Å². The van der Waals surface area contributed by atoms with Gasteiger partial charge in [-0.25, -0.2) is 4.98 Å². The second kappa shape index (κ2) is 7.52. The summed E-state index contributed by atoms with van der Waals surface area (Å²) in [5.41, 5.74) is 4.96. The maximum absolute atomic E-state index is 12.0. The Hall–Kier alpha value is -3.61. The van der Waals surface area contributed by atoms with Crippen LogP contribution in [0.3, 0.4) is 0 Å². The highest BCUT2D eigenvalue weighted by Crippen LogP contribution is 2.31. The molecule has 0 unspecified atom stereocenters. The SMILES string of the molecule is C=CCc1cc(/C=N/Nc2nc3ccccc3[nH]c2=O)cc(OC)c1O. The smallest absolute Gasteiger partial charge is 0.293 e. The van der Waals surface area contributed by atoms with Crippen molar-refractivity contribution in [1.82, 2.24) is 9.97 Å². The van der Waals surface area contributed by atoms with Crippen LogP contribution in [0.5, 0.6) is 11.5 Å². The average molecular weight is 350 g/mol. The largest absolute Gasteiger partial charge is 0.504 e. The van der Waals surface area contributed by atoms with Crippen molar-refractivity contribution < 1.29 is 9.84 Å². The number of hydrogen-bond donors (Lipinski definition) is 3. The zero-order chi connectivity index (χ0) is 18.5. The number of benzene rings is 2. The number of para-hydroxylation sites is 2. The molecule has 0 radical (unpaired) electrons. The second-order valence-electron chi connectivity index (χ2n) is 5.53. The molecule has 132 valence electrons. The molecule has 0 atom stereocenters. The number of hydrogen-bond acceptors (Lipinski definition) is 6. The summed E-state index contributed by atoms with van der Waals surface area (Å²) in [5.74, 6) is 0.509. The molecule has 0 saturated heterocycles. The maximum Gasteiger partial charge on any atom is 0.293 e. The fraction of sp³-hybridized carbons (Fsp3) is 0.105. The van der Waals surface area contributed by atoms with Crippen LogP contribution in [0.2, 0.25) is 0 Å². The van der Waals surface area contributed by atoms with Crippen molar-refractivity contribution in [2.75, 3.05) is 12.5 Å². The quantitative estimate of drug-likeness (QED) is 0.361. The van der Waals surface area contributed by atoms with Crippen LogP contribution in [-0.2, 0) is 6.42 Å². The number of phenols is 1. The first-order valence-electron chi connectivity index (χ1n) is 7.91. The van der Waals surface area contributed by atoms with E-state index in [1.807, 2.05) is 12.1 Å². The number of nitrogens with zero attached hydrogens (tertiary/aromatic N) is 2. The predicted molar refractivity (Wildman–Crippen MR) is 102 cm³/mol. The number of anilines is 1. The highest BCUT2D eigenvalue weighted by atomic mass is 16.5. The third-order valence-electron chi connectivity index (χ3n) is 3.74. The minimum Gasteiger partial charge on any atom is -0.504 e. The molecule has 2 aromatic carbocycles. The number of fused-ring (bicyclic) bond motifs is 1. The van der Waals surface area contributed by atoms with Gasteiger partial charge in [-0.1, -0.05) is 18.2 Å². The Kier molecular flexibility index (Phi) is 4.98. The molecule has 0 saturated carbocycles. The van der Waals surface area contributed by atoms with Crippen molar-refractivity contribution in [3.8, 4) is 11.5 Å². The van der Waals surface area contributed by atoms with Gasteiger partial charge in [-0.2, -0.15) is 5.10 Å². The first kappa shape index (κ1) is 17.2. The lowest BCUT2D eigenvalue weighted by atomic mass is 10.1. The van der Waals surface area contributed by atoms with Crippen LogP contribution < -0.4 is 15.7 Å². The molecule has 3 rings (SSSR count). The third-order valence-corrected chi connectivity index (χ3v) is 3.74. The fourth-order valence-corrected chi connectivity index (χ4v) is 2.50. The summed E-state index contributed by atoms with van der Waals surface area (Å²) in [7, 11) is 1.48. The number of methoxy groups -OCH3 is 1. The van der Waals surface area contributed by atoms with Crippen molar-refractivity contribution in [3.63, 3.8) is 0 Å². The zero-order valence-electron chi connectivity index (χ0n) is 14.2. The van der Waals surface area contributed by atoms with Crippen molar-refractivity contribution in [2.45, 2.75) is 6.42 Å². The van der Waals surface area contributed by atoms with Gasteiger partial charge in [-0.3, -0.25) is 10.2 Å². The molecule has 0 aliphatic carbocycles. The molecule has 0 amide bonds. The number of aromatic nitrogens is 2. The topological polar surface area (TPSA) is 99.6 Å². The van der Waals surface area contributed by atoms with Crippen molar-refractivity contribution in [1.29, 1.82) is 0 Å². The molecule has 0 fully saturated rings. The van der Waals surface area contributed by atoms with Gasteiger partial charge in [0.1, 0.15) is 0 Å². The van der Waals surface area contributed by atoms with E-state index in [1.54, 1.807) is 30.3 Å². The van der Waals surface area contributed by atoms with E-state index < -0.39 is 0 Å². The molecule has 3 N–H and O–H groups in total. The number of rotatable bonds is 6. The van der Waals surface area contributed by atoms with Gasteiger partial charge in [-0.05, 0) is 36.2 Å². The van der Waals surface area contributed by atoms with Crippen molar-refractivity contribution >= 4 is 23.1 Å². The van der Waals surface area contributed by atoms with Gasteiger partial charge in [0, 0.05) is 5.56 Å². The number of aromatic amines is 1. The Morgan fingerprint density at radius 1 is 1.38 bits per heavy atom. The predicted octanol–water partition coefficient (Wildman–Crippen LogP) is 2.81. The van der Waals surface area contributed by atoms with E-state index in [-0.39, 0.29) is 17.1 Å². The summed E-state index contributed by atoms with van der Waals surface area (Å²) in [5, 5.41) is 14.2. The molecule has 3 aromatic rings. The number of nitrogens with one attached hydrogen (secondary N) is 2. The average Bonchev–Trinajstić information content (AvgIpc) is 2.64. The fourth-order valence-electron chi connectivity index (χ4n) is 2.50. The summed E-state index contributed by atoms with van der Waals surface area (Å²) >= 11 is 0. The van der Waals surface area contributed by atoms with Gasteiger partial charge < -0.3 is 14.8 Å². The first-order valence-corrected chi connectivity index (χ1v) is 7.91. The highest BCUT2D eigenvalue weighted by molar-refractivity contribution is 5.82. The highest BCUT2D eigenvalue weighted by Gasteiger charge is 2.09. The number of H-pyrrole nitrogens is 1. The molecule has 0 aliphatic heterocycles. The molecule has 0 aliphatic rings. The number of aromatic hydroxyl groups is 1. The number of hydrazone groups is 1. The standard InChI is InChI=1S/C19H18N4O3/c1-3-6-13-9-12(10-16(26-2)17(13)24)11-20-23-18-19(25)22-15-8-5-4-7-14(15)21-18/h3-5,7-11,24H,1,6H2,2H3,(H,21,23)(H,22,25)/b20-11+. The Labute approximate surface area is 149 Å². The molecule has 7 nitrogen and oxygen atoms in total. The minimum absolute atomic E-state index is 0.0742. The first-order chi connectivity index (χ1) is 12.6. The van der Waals surface area contributed by atoms with E-state index in [0.717, 1.165) is 0 Å². The molecule has 7 heteroatoms. The van der Waals surface area contributed by atoms with E-state index in [1.165, 1.54) is 13.3 Å². The molecule has 1 heterocycles. The van der Waals surface area contributed by atoms with Gasteiger partial charge in [0.25, 0.3) is 5.56 Å². The molecular weight excluding hydrogens is 332 g/mol. The summed E-state index contributed by atoms with van der Waals surface area (Å²) < 4.78 is 5.17. The lowest BCUT2D eigenvalue weighted by Crippen LogP contribution is -2.13. The molecule has 26 heavy (non-hydrogen) atoms. The van der Waals surface area contributed by atoms with Gasteiger partial charge >= 0.3 is 0 Å².